The van der Waals surface area contributed by atoms with Crippen molar-refractivity contribution >= 4 is 5.57 Å². The van der Waals surface area contributed by atoms with Gasteiger partial charge in [0.2, 0.25) is 0 Å². The van der Waals surface area contributed by atoms with E-state index in [1.807, 2.05) is 42.5 Å². The molecule has 246 valence electrons. The van der Waals surface area contributed by atoms with Gasteiger partial charge in [-0.05, 0) is 87.2 Å². The zero-order valence-electron chi connectivity index (χ0n) is 28.4. The first kappa shape index (κ1) is 29.2. The molecule has 1 spiro atoms. The average molecular weight is 670 g/mol. The van der Waals surface area contributed by atoms with Gasteiger partial charge < -0.3 is 9.47 Å². The third kappa shape index (κ3) is 4.08. The molecule has 1 atom stereocenters. The summed E-state index contributed by atoms with van der Waals surface area (Å²) in [6, 6.07) is 46.8. The van der Waals surface area contributed by atoms with E-state index in [0.717, 1.165) is 40.1 Å². The maximum Gasteiger partial charge on any atom is 0.170 e. The van der Waals surface area contributed by atoms with Crippen LogP contribution in [0.5, 0.6) is 23.0 Å². The molecule has 1 aromatic heterocycles. The van der Waals surface area contributed by atoms with E-state index in [1.54, 1.807) is 0 Å². The van der Waals surface area contributed by atoms with Gasteiger partial charge in [-0.3, -0.25) is 0 Å². The molecule has 11 rings (SSSR count). The summed E-state index contributed by atoms with van der Waals surface area (Å²) in [7, 11) is 0. The summed E-state index contributed by atoms with van der Waals surface area (Å²) >= 11 is 0. The monoisotopic (exact) mass is 669 g/mol. The number of hydrogen-bond acceptors (Lipinski definition) is 5. The van der Waals surface area contributed by atoms with Crippen LogP contribution in [0.3, 0.4) is 0 Å². The smallest absolute Gasteiger partial charge is 0.170 e. The highest BCUT2D eigenvalue weighted by molar-refractivity contribution is 5.96. The van der Waals surface area contributed by atoms with Crippen molar-refractivity contribution in [2.75, 3.05) is 0 Å². The van der Waals surface area contributed by atoms with Crippen molar-refractivity contribution in [3.05, 3.63) is 180 Å². The first-order valence-electron chi connectivity index (χ1n) is 17.8. The maximum atomic E-state index is 6.55. The SMILES string of the molecule is CC1CC=CC=C1c1nc(-c2ccccc2)nc(-c2ccc3c(c2)C2(c4ccccc4-c4ccccc42)c2cc4c(cc2-3)Oc2ccccc2O4)n1. The minimum atomic E-state index is -0.591. The van der Waals surface area contributed by atoms with Gasteiger partial charge in [0.25, 0.3) is 0 Å². The highest BCUT2D eigenvalue weighted by Gasteiger charge is 2.52. The molecule has 0 saturated carbocycles. The Bertz CT molecular complexity index is 2650. The van der Waals surface area contributed by atoms with Crippen LogP contribution in [0.15, 0.2) is 152 Å². The van der Waals surface area contributed by atoms with E-state index >= 15 is 0 Å². The second kappa shape index (κ2) is 11.0. The number of hydrogen-bond donors (Lipinski definition) is 0. The topological polar surface area (TPSA) is 57.1 Å². The summed E-state index contributed by atoms with van der Waals surface area (Å²) in [5, 5.41) is 0. The molecule has 4 aliphatic rings. The normalized spacial score (nSPS) is 16.4. The van der Waals surface area contributed by atoms with Crippen LogP contribution in [0, 0.1) is 5.92 Å². The molecule has 0 bridgehead atoms. The summed E-state index contributed by atoms with van der Waals surface area (Å²) in [6.45, 7) is 2.23. The number of rotatable bonds is 3. The van der Waals surface area contributed by atoms with Gasteiger partial charge in [0.05, 0.1) is 5.41 Å². The lowest BCUT2D eigenvalue weighted by Gasteiger charge is -2.31. The zero-order valence-corrected chi connectivity index (χ0v) is 28.4. The van der Waals surface area contributed by atoms with Gasteiger partial charge in [0.1, 0.15) is 0 Å². The van der Waals surface area contributed by atoms with Crippen LogP contribution in [0.1, 0.15) is 41.4 Å². The van der Waals surface area contributed by atoms with E-state index in [2.05, 4.69) is 116 Å². The summed E-state index contributed by atoms with van der Waals surface area (Å²) in [5.41, 5.74) is 12.1. The Labute approximate surface area is 301 Å². The van der Waals surface area contributed by atoms with Gasteiger partial charge in [-0.2, -0.15) is 0 Å². The van der Waals surface area contributed by atoms with E-state index < -0.39 is 5.41 Å². The number of aromatic nitrogens is 3. The summed E-state index contributed by atoms with van der Waals surface area (Å²) in [6.07, 6.45) is 7.41. The van der Waals surface area contributed by atoms with Gasteiger partial charge in [0.15, 0.2) is 40.5 Å². The van der Waals surface area contributed by atoms with Crippen molar-refractivity contribution in [2.24, 2.45) is 5.92 Å². The largest absolute Gasteiger partial charge is 0.450 e. The average Bonchev–Trinajstić information content (AvgIpc) is 3.66. The highest BCUT2D eigenvalue weighted by Crippen LogP contribution is 2.65. The number of para-hydroxylation sites is 2. The number of allylic oxidation sites excluding steroid dienone is 4. The van der Waals surface area contributed by atoms with E-state index in [4.69, 9.17) is 24.4 Å². The molecule has 1 unspecified atom stereocenters. The Morgan fingerprint density at radius 1 is 0.500 bits per heavy atom. The molecule has 0 saturated heterocycles. The molecule has 5 nitrogen and oxygen atoms in total. The summed E-state index contributed by atoms with van der Waals surface area (Å²) < 4.78 is 13.0. The van der Waals surface area contributed by atoms with Gasteiger partial charge >= 0.3 is 0 Å². The predicted octanol–water partition coefficient (Wildman–Crippen LogP) is 11.4. The highest BCUT2D eigenvalue weighted by atomic mass is 16.6. The zero-order chi connectivity index (χ0) is 34.4. The van der Waals surface area contributed by atoms with Crippen LogP contribution in [0.2, 0.25) is 0 Å². The molecule has 5 heteroatoms. The number of ether oxygens (including phenoxy) is 2. The Hall–Kier alpha value is -6.59. The maximum absolute atomic E-state index is 6.55. The lowest BCUT2D eigenvalue weighted by atomic mass is 9.70. The van der Waals surface area contributed by atoms with Crippen molar-refractivity contribution in [1.82, 2.24) is 15.0 Å². The lowest BCUT2D eigenvalue weighted by molar-refractivity contribution is 0.359. The first-order valence-corrected chi connectivity index (χ1v) is 17.8. The molecule has 2 heterocycles. The quantitative estimate of drug-likeness (QED) is 0.187. The van der Waals surface area contributed by atoms with Crippen LogP contribution < -0.4 is 9.47 Å². The van der Waals surface area contributed by atoms with Crippen LogP contribution in [-0.4, -0.2) is 15.0 Å². The van der Waals surface area contributed by atoms with Gasteiger partial charge in [-0.15, -0.1) is 0 Å². The number of nitrogens with zero attached hydrogens (tertiary/aromatic N) is 3. The first-order chi connectivity index (χ1) is 25.7. The Balaban J connectivity index is 1.17. The minimum Gasteiger partial charge on any atom is -0.450 e. The van der Waals surface area contributed by atoms with Crippen LogP contribution in [-0.2, 0) is 5.41 Å². The van der Waals surface area contributed by atoms with Crippen molar-refractivity contribution in [1.29, 1.82) is 0 Å². The molecule has 52 heavy (non-hydrogen) atoms. The fourth-order valence-corrected chi connectivity index (χ4v) is 8.69. The molecule has 0 N–H and O–H groups in total. The second-order valence-electron chi connectivity index (χ2n) is 14.0. The molecule has 7 aromatic rings. The van der Waals surface area contributed by atoms with E-state index in [9.17, 15) is 0 Å². The van der Waals surface area contributed by atoms with Crippen LogP contribution in [0.25, 0.3) is 50.6 Å². The van der Waals surface area contributed by atoms with Gasteiger partial charge in [0, 0.05) is 16.7 Å². The Morgan fingerprint density at radius 2 is 1.08 bits per heavy atom. The van der Waals surface area contributed by atoms with Crippen LogP contribution >= 0.6 is 0 Å². The molecular formula is C47H31N3O2. The Morgan fingerprint density at radius 3 is 1.79 bits per heavy atom. The van der Waals surface area contributed by atoms with Crippen molar-refractivity contribution in [3.63, 3.8) is 0 Å². The molecule has 0 amide bonds. The van der Waals surface area contributed by atoms with Gasteiger partial charge in [-0.25, -0.2) is 15.0 Å². The fraction of sp³-hybridized carbons (Fsp3) is 0.0851. The summed E-state index contributed by atoms with van der Waals surface area (Å²) in [5.74, 6) is 5.19. The number of benzene rings is 6. The van der Waals surface area contributed by atoms with Crippen molar-refractivity contribution in [2.45, 2.75) is 18.8 Å². The third-order valence-electron chi connectivity index (χ3n) is 11.1. The minimum absolute atomic E-state index is 0.301. The number of fused-ring (bicyclic) bond motifs is 12. The predicted molar refractivity (Wildman–Crippen MR) is 204 cm³/mol. The molecule has 3 aliphatic carbocycles. The van der Waals surface area contributed by atoms with Crippen molar-refractivity contribution < 1.29 is 9.47 Å². The molecule has 0 fully saturated rings. The summed E-state index contributed by atoms with van der Waals surface area (Å²) in [4.78, 5) is 15.4. The fourth-order valence-electron chi connectivity index (χ4n) is 8.69. The second-order valence-corrected chi connectivity index (χ2v) is 14.0. The van der Waals surface area contributed by atoms with E-state index in [-0.39, 0.29) is 0 Å². The van der Waals surface area contributed by atoms with Crippen molar-refractivity contribution in [3.8, 4) is 68.0 Å². The molecular weight excluding hydrogens is 639 g/mol. The van der Waals surface area contributed by atoms with Gasteiger partial charge in [-0.1, -0.05) is 128 Å². The molecule has 0 radical (unpaired) electrons. The van der Waals surface area contributed by atoms with E-state index in [0.29, 0.717) is 40.6 Å². The molecule has 1 aliphatic heterocycles. The molecule has 6 aromatic carbocycles. The standard InChI is InChI=1S/C47H31N3O2/c1-28-13-5-6-16-31(28)46-49-44(29-14-3-2-4-15-29)48-45(50-46)30-23-24-34-35-26-42-43(52-41-22-12-11-21-40(41)51-42)27-39(35)47(38(34)25-30)36-19-9-7-17-32(36)33-18-8-10-20-37(33)47/h2-12,14-28H,13H2,1H3. The Kier molecular flexibility index (Phi) is 6.14. The third-order valence-corrected chi connectivity index (χ3v) is 11.1. The van der Waals surface area contributed by atoms with Crippen LogP contribution in [0.4, 0.5) is 0 Å². The van der Waals surface area contributed by atoms with E-state index in [1.165, 1.54) is 33.4 Å². The lowest BCUT2D eigenvalue weighted by Crippen LogP contribution is -2.26.